The minimum atomic E-state index is -0.726. The zero-order valence-corrected chi connectivity index (χ0v) is 15.6. The normalized spacial score (nSPS) is 12.4. The van der Waals surface area contributed by atoms with Crippen LogP contribution in [0.1, 0.15) is 16.8 Å². The maximum Gasteiger partial charge on any atom is 0.338 e. The van der Waals surface area contributed by atoms with Gasteiger partial charge in [0.05, 0.1) is 29.9 Å². The summed E-state index contributed by atoms with van der Waals surface area (Å²) in [5.74, 6) is -0.493. The molecule has 1 heterocycles. The molecule has 1 aliphatic heterocycles. The summed E-state index contributed by atoms with van der Waals surface area (Å²) in [4.78, 5) is 26.1. The number of nitrogens with zero attached hydrogens (tertiary/aromatic N) is 2. The molecule has 0 saturated carbocycles. The van der Waals surface area contributed by atoms with Crippen LogP contribution in [0.2, 0.25) is 5.02 Å². The number of esters is 1. The van der Waals surface area contributed by atoms with Gasteiger partial charge in [0.25, 0.3) is 5.91 Å². The van der Waals surface area contributed by atoms with E-state index in [2.05, 4.69) is 0 Å². The molecule has 2 aromatic carbocycles. The van der Waals surface area contributed by atoms with Gasteiger partial charge in [0.15, 0.2) is 18.1 Å². The maximum atomic E-state index is 12.4. The van der Waals surface area contributed by atoms with E-state index in [1.807, 2.05) is 6.07 Å². The summed E-state index contributed by atoms with van der Waals surface area (Å²) < 4.78 is 16.2. The largest absolute Gasteiger partial charge is 0.489 e. The van der Waals surface area contributed by atoms with E-state index < -0.39 is 18.5 Å². The monoisotopic (exact) mass is 400 g/mol. The van der Waals surface area contributed by atoms with Crippen molar-refractivity contribution in [2.45, 2.75) is 6.42 Å². The molecular formula is C20H17ClN2O5. The van der Waals surface area contributed by atoms with Gasteiger partial charge < -0.3 is 14.2 Å². The molecular weight excluding hydrogens is 384 g/mol. The molecule has 7 nitrogen and oxygen atoms in total. The average molecular weight is 401 g/mol. The molecule has 1 amide bonds. The Morgan fingerprint density at radius 2 is 1.93 bits per heavy atom. The molecule has 3 rings (SSSR count). The van der Waals surface area contributed by atoms with E-state index in [9.17, 15) is 9.59 Å². The zero-order chi connectivity index (χ0) is 19.9. The highest BCUT2D eigenvalue weighted by Crippen LogP contribution is 2.38. The summed E-state index contributed by atoms with van der Waals surface area (Å²) in [6, 6.07) is 13.5. The Morgan fingerprint density at radius 3 is 2.68 bits per heavy atom. The number of hydrogen-bond acceptors (Lipinski definition) is 6. The Bertz CT molecular complexity index is 911. The van der Waals surface area contributed by atoms with Crippen molar-refractivity contribution in [3.05, 3.63) is 53.1 Å². The highest BCUT2D eigenvalue weighted by atomic mass is 35.5. The number of anilines is 1. The van der Waals surface area contributed by atoms with Crippen LogP contribution >= 0.6 is 11.6 Å². The zero-order valence-electron chi connectivity index (χ0n) is 14.9. The second-order valence-electron chi connectivity index (χ2n) is 5.89. The molecule has 2 aromatic rings. The summed E-state index contributed by atoms with van der Waals surface area (Å²) in [7, 11) is 0. The molecule has 144 valence electrons. The summed E-state index contributed by atoms with van der Waals surface area (Å²) in [5.41, 5.74) is 0.692. The van der Waals surface area contributed by atoms with Gasteiger partial charge in [0.1, 0.15) is 6.54 Å². The standard InChI is InChI=1S/C20H17ClN2O5/c21-16-11-14(12-17-19(16)27-10-4-9-26-17)20(25)28-13-18(24)23(8-7-22)15-5-2-1-3-6-15/h1-3,5-6,11-12H,4,8-10,13H2. The van der Waals surface area contributed by atoms with Gasteiger partial charge in [-0.05, 0) is 24.3 Å². The maximum absolute atomic E-state index is 12.4. The first-order valence-electron chi connectivity index (χ1n) is 8.59. The SMILES string of the molecule is N#CCN(C(=O)COC(=O)c1cc(Cl)c2c(c1)OCCCO2)c1ccccc1. The number of halogens is 1. The van der Waals surface area contributed by atoms with Gasteiger partial charge in [0, 0.05) is 12.1 Å². The van der Waals surface area contributed by atoms with Crippen molar-refractivity contribution < 1.29 is 23.8 Å². The molecule has 0 atom stereocenters. The van der Waals surface area contributed by atoms with Gasteiger partial charge in [-0.25, -0.2) is 4.79 Å². The molecule has 0 fully saturated rings. The van der Waals surface area contributed by atoms with Crippen LogP contribution in [0.4, 0.5) is 5.69 Å². The van der Waals surface area contributed by atoms with Crippen LogP contribution in [0, 0.1) is 11.3 Å². The lowest BCUT2D eigenvalue weighted by atomic mass is 10.2. The Labute approximate surface area is 167 Å². The molecule has 0 aromatic heterocycles. The average Bonchev–Trinajstić information content (AvgIpc) is 2.96. The molecule has 28 heavy (non-hydrogen) atoms. The Kier molecular flexibility index (Phi) is 6.35. The van der Waals surface area contributed by atoms with Crippen molar-refractivity contribution in [2.24, 2.45) is 0 Å². The third-order valence-corrected chi connectivity index (χ3v) is 4.24. The van der Waals surface area contributed by atoms with Gasteiger partial charge in [-0.15, -0.1) is 0 Å². The van der Waals surface area contributed by atoms with Crippen molar-refractivity contribution in [3.8, 4) is 17.6 Å². The quantitative estimate of drug-likeness (QED) is 0.565. The molecule has 0 radical (unpaired) electrons. The fourth-order valence-corrected chi connectivity index (χ4v) is 2.90. The molecule has 0 N–H and O–H groups in total. The molecule has 8 heteroatoms. The first-order valence-corrected chi connectivity index (χ1v) is 8.96. The Morgan fingerprint density at radius 1 is 1.18 bits per heavy atom. The van der Waals surface area contributed by atoms with Crippen LogP contribution in [0.25, 0.3) is 0 Å². The molecule has 0 aliphatic carbocycles. The number of hydrogen-bond donors (Lipinski definition) is 0. The number of amides is 1. The number of carbonyl (C=O) groups excluding carboxylic acids is 2. The third kappa shape index (κ3) is 4.53. The Balaban J connectivity index is 1.69. The second-order valence-corrected chi connectivity index (χ2v) is 6.29. The first-order chi connectivity index (χ1) is 13.6. The van der Waals surface area contributed by atoms with E-state index in [-0.39, 0.29) is 17.1 Å². The van der Waals surface area contributed by atoms with E-state index in [4.69, 9.17) is 31.1 Å². The van der Waals surface area contributed by atoms with Crippen molar-refractivity contribution in [1.82, 2.24) is 0 Å². The van der Waals surface area contributed by atoms with E-state index in [1.54, 1.807) is 30.3 Å². The fourth-order valence-electron chi connectivity index (χ4n) is 2.64. The molecule has 0 saturated heterocycles. The minimum absolute atomic E-state index is 0.147. The Hall–Kier alpha value is -3.24. The van der Waals surface area contributed by atoms with Crippen LogP contribution in [-0.4, -0.2) is 38.2 Å². The van der Waals surface area contributed by atoms with E-state index in [1.165, 1.54) is 17.0 Å². The van der Waals surface area contributed by atoms with Crippen LogP contribution in [0.3, 0.4) is 0 Å². The summed E-state index contributed by atoms with van der Waals surface area (Å²) in [5, 5.41) is 9.21. The van der Waals surface area contributed by atoms with Crippen molar-refractivity contribution in [1.29, 1.82) is 5.26 Å². The number of para-hydroxylation sites is 1. The number of ether oxygens (including phenoxy) is 3. The molecule has 0 unspecified atom stereocenters. The number of rotatable bonds is 5. The topological polar surface area (TPSA) is 88.9 Å². The van der Waals surface area contributed by atoms with Crippen LogP contribution < -0.4 is 14.4 Å². The summed E-state index contributed by atoms with van der Waals surface area (Å²) in [6.45, 7) is 0.247. The first kappa shape index (κ1) is 19.5. The summed E-state index contributed by atoms with van der Waals surface area (Å²) >= 11 is 6.17. The highest BCUT2D eigenvalue weighted by molar-refractivity contribution is 6.32. The number of nitriles is 1. The number of fused-ring (bicyclic) bond motifs is 1. The number of benzene rings is 2. The lowest BCUT2D eigenvalue weighted by Gasteiger charge is -2.19. The second kappa shape index (κ2) is 9.11. The van der Waals surface area contributed by atoms with Crippen LogP contribution in [0.15, 0.2) is 42.5 Å². The summed E-state index contributed by atoms with van der Waals surface area (Å²) in [6.07, 6.45) is 0.702. The van der Waals surface area contributed by atoms with Gasteiger partial charge in [-0.3, -0.25) is 9.69 Å². The van der Waals surface area contributed by atoms with Crippen LogP contribution in [0.5, 0.6) is 11.5 Å². The molecule has 1 aliphatic rings. The van der Waals surface area contributed by atoms with Gasteiger partial charge in [-0.1, -0.05) is 29.8 Å². The predicted octanol–water partition coefficient (Wildman–Crippen LogP) is 3.21. The number of carbonyl (C=O) groups is 2. The smallest absolute Gasteiger partial charge is 0.338 e. The fraction of sp³-hybridized carbons (Fsp3) is 0.250. The van der Waals surface area contributed by atoms with Crippen molar-refractivity contribution >= 4 is 29.2 Å². The van der Waals surface area contributed by atoms with Gasteiger partial charge >= 0.3 is 5.97 Å². The predicted molar refractivity (Wildman–Crippen MR) is 102 cm³/mol. The third-order valence-electron chi connectivity index (χ3n) is 3.96. The lowest BCUT2D eigenvalue weighted by molar-refractivity contribution is -0.121. The van der Waals surface area contributed by atoms with E-state index in [0.717, 1.165) is 0 Å². The van der Waals surface area contributed by atoms with E-state index in [0.29, 0.717) is 36.8 Å². The van der Waals surface area contributed by atoms with Crippen molar-refractivity contribution in [2.75, 3.05) is 31.3 Å². The van der Waals surface area contributed by atoms with Gasteiger partial charge in [0.2, 0.25) is 0 Å². The lowest BCUT2D eigenvalue weighted by Crippen LogP contribution is -2.35. The minimum Gasteiger partial charge on any atom is -0.489 e. The van der Waals surface area contributed by atoms with Gasteiger partial charge in [-0.2, -0.15) is 5.26 Å². The van der Waals surface area contributed by atoms with Crippen molar-refractivity contribution in [3.63, 3.8) is 0 Å². The molecule has 0 spiro atoms. The molecule has 0 bridgehead atoms. The highest BCUT2D eigenvalue weighted by Gasteiger charge is 2.21. The van der Waals surface area contributed by atoms with E-state index >= 15 is 0 Å². The van der Waals surface area contributed by atoms with Crippen LogP contribution in [-0.2, 0) is 9.53 Å².